The summed E-state index contributed by atoms with van der Waals surface area (Å²) in [5.74, 6) is 0.216. The van der Waals surface area contributed by atoms with Crippen LogP contribution in [0.5, 0.6) is 11.5 Å². The molecular formula is C13H10BrFO2. The molecule has 0 aliphatic heterocycles. The fourth-order valence-corrected chi connectivity index (χ4v) is 1.62. The number of rotatable bonds is 3. The molecule has 0 atom stereocenters. The van der Waals surface area contributed by atoms with Gasteiger partial charge in [-0.25, -0.2) is 4.39 Å². The van der Waals surface area contributed by atoms with Crippen LogP contribution in [-0.4, -0.2) is 5.11 Å². The van der Waals surface area contributed by atoms with Gasteiger partial charge in [0.15, 0.2) is 11.6 Å². The summed E-state index contributed by atoms with van der Waals surface area (Å²) in [6.45, 7) is -0.185. The van der Waals surface area contributed by atoms with Crippen molar-refractivity contribution in [2.75, 3.05) is 0 Å². The molecule has 0 amide bonds. The van der Waals surface area contributed by atoms with E-state index in [2.05, 4.69) is 15.9 Å². The lowest BCUT2D eigenvalue weighted by Gasteiger charge is -2.07. The van der Waals surface area contributed by atoms with E-state index in [1.807, 2.05) is 12.1 Å². The number of ether oxygens (including phenoxy) is 1. The fourth-order valence-electron chi connectivity index (χ4n) is 1.36. The number of halogens is 2. The quantitative estimate of drug-likeness (QED) is 0.931. The Bertz CT molecular complexity index is 511. The summed E-state index contributed by atoms with van der Waals surface area (Å²) in [4.78, 5) is 0. The smallest absolute Gasteiger partial charge is 0.166 e. The standard InChI is InChI=1S/C13H10BrFO2/c14-10-2-4-11(5-3-10)17-13-6-1-9(8-16)7-12(13)15/h1-7,16H,8H2. The molecule has 1 N–H and O–H groups in total. The third kappa shape index (κ3) is 3.05. The van der Waals surface area contributed by atoms with Gasteiger partial charge in [-0.2, -0.15) is 0 Å². The van der Waals surface area contributed by atoms with Crippen LogP contribution in [-0.2, 0) is 6.61 Å². The molecule has 0 bridgehead atoms. The normalized spacial score (nSPS) is 10.3. The van der Waals surface area contributed by atoms with Crippen molar-refractivity contribution in [1.29, 1.82) is 0 Å². The first kappa shape index (κ1) is 12.1. The van der Waals surface area contributed by atoms with Crippen molar-refractivity contribution >= 4 is 15.9 Å². The Hall–Kier alpha value is -1.39. The largest absolute Gasteiger partial charge is 0.454 e. The van der Waals surface area contributed by atoms with Crippen LogP contribution in [0.25, 0.3) is 0 Å². The van der Waals surface area contributed by atoms with E-state index in [4.69, 9.17) is 9.84 Å². The molecule has 0 unspecified atom stereocenters. The molecule has 2 rings (SSSR count). The summed E-state index contributed by atoms with van der Waals surface area (Å²) in [5.41, 5.74) is 0.519. The lowest BCUT2D eigenvalue weighted by Crippen LogP contribution is -1.91. The summed E-state index contributed by atoms with van der Waals surface area (Å²) in [6.07, 6.45) is 0. The molecule has 2 nitrogen and oxygen atoms in total. The topological polar surface area (TPSA) is 29.5 Å². The zero-order chi connectivity index (χ0) is 12.3. The van der Waals surface area contributed by atoms with Gasteiger partial charge in [0.05, 0.1) is 6.61 Å². The van der Waals surface area contributed by atoms with Crippen LogP contribution in [0, 0.1) is 5.82 Å². The molecule has 0 aliphatic carbocycles. The maximum atomic E-state index is 13.6. The van der Waals surface area contributed by atoms with Crippen molar-refractivity contribution in [1.82, 2.24) is 0 Å². The van der Waals surface area contributed by atoms with E-state index in [0.29, 0.717) is 11.3 Å². The average Bonchev–Trinajstić information content (AvgIpc) is 2.34. The first-order valence-electron chi connectivity index (χ1n) is 5.02. The molecule has 17 heavy (non-hydrogen) atoms. The number of aliphatic hydroxyl groups is 1. The van der Waals surface area contributed by atoms with E-state index in [-0.39, 0.29) is 12.4 Å². The second kappa shape index (κ2) is 5.29. The highest BCUT2D eigenvalue weighted by atomic mass is 79.9. The minimum atomic E-state index is -0.487. The van der Waals surface area contributed by atoms with Crippen LogP contribution >= 0.6 is 15.9 Å². The van der Waals surface area contributed by atoms with Gasteiger partial charge in [-0.15, -0.1) is 0 Å². The fraction of sp³-hybridized carbons (Fsp3) is 0.0769. The Labute approximate surface area is 107 Å². The third-order valence-corrected chi connectivity index (χ3v) is 2.75. The molecular weight excluding hydrogens is 287 g/mol. The van der Waals surface area contributed by atoms with E-state index >= 15 is 0 Å². The van der Waals surface area contributed by atoms with Gasteiger partial charge < -0.3 is 9.84 Å². The zero-order valence-electron chi connectivity index (χ0n) is 8.86. The molecule has 0 heterocycles. The summed E-state index contributed by atoms with van der Waals surface area (Å²) >= 11 is 3.31. The third-order valence-electron chi connectivity index (χ3n) is 2.22. The van der Waals surface area contributed by atoms with Crippen LogP contribution in [0.4, 0.5) is 4.39 Å². The second-order valence-electron chi connectivity index (χ2n) is 3.48. The van der Waals surface area contributed by atoms with Crippen molar-refractivity contribution in [3.8, 4) is 11.5 Å². The lowest BCUT2D eigenvalue weighted by molar-refractivity contribution is 0.281. The van der Waals surface area contributed by atoms with Crippen LogP contribution in [0.1, 0.15) is 5.56 Å². The monoisotopic (exact) mass is 296 g/mol. The summed E-state index contributed by atoms with van der Waals surface area (Å²) in [5, 5.41) is 8.86. The SMILES string of the molecule is OCc1ccc(Oc2ccc(Br)cc2)c(F)c1. The van der Waals surface area contributed by atoms with Crippen molar-refractivity contribution in [3.63, 3.8) is 0 Å². The van der Waals surface area contributed by atoms with Gasteiger partial charge >= 0.3 is 0 Å². The number of benzene rings is 2. The molecule has 0 radical (unpaired) electrons. The van der Waals surface area contributed by atoms with E-state index in [1.54, 1.807) is 18.2 Å². The minimum Gasteiger partial charge on any atom is -0.454 e. The number of hydrogen-bond donors (Lipinski definition) is 1. The average molecular weight is 297 g/mol. The maximum absolute atomic E-state index is 13.6. The first-order valence-corrected chi connectivity index (χ1v) is 5.81. The molecule has 2 aromatic rings. The van der Waals surface area contributed by atoms with Crippen molar-refractivity contribution < 1.29 is 14.2 Å². The molecule has 4 heteroatoms. The molecule has 0 aliphatic rings. The summed E-state index contributed by atoms with van der Waals surface area (Å²) in [7, 11) is 0. The Morgan fingerprint density at radius 3 is 2.41 bits per heavy atom. The Kier molecular flexibility index (Phi) is 3.76. The van der Waals surface area contributed by atoms with Crippen LogP contribution in [0.15, 0.2) is 46.9 Å². The van der Waals surface area contributed by atoms with Crippen molar-refractivity contribution in [2.45, 2.75) is 6.61 Å². The van der Waals surface area contributed by atoms with Gasteiger partial charge in [0.25, 0.3) is 0 Å². The van der Waals surface area contributed by atoms with E-state index < -0.39 is 5.82 Å². The molecule has 88 valence electrons. The van der Waals surface area contributed by atoms with Crippen molar-refractivity contribution in [2.24, 2.45) is 0 Å². The molecule has 2 aromatic carbocycles. The summed E-state index contributed by atoms with van der Waals surface area (Å²) in [6, 6.07) is 11.5. The number of hydrogen-bond acceptors (Lipinski definition) is 2. The molecule has 0 saturated heterocycles. The molecule has 0 saturated carbocycles. The van der Waals surface area contributed by atoms with E-state index in [0.717, 1.165) is 4.47 Å². The van der Waals surface area contributed by atoms with E-state index in [1.165, 1.54) is 12.1 Å². The predicted octanol–water partition coefficient (Wildman–Crippen LogP) is 3.87. The van der Waals surface area contributed by atoms with Crippen LogP contribution < -0.4 is 4.74 Å². The van der Waals surface area contributed by atoms with Crippen LogP contribution in [0.3, 0.4) is 0 Å². The zero-order valence-corrected chi connectivity index (χ0v) is 10.4. The van der Waals surface area contributed by atoms with Gasteiger partial charge in [0.2, 0.25) is 0 Å². The molecule has 0 fully saturated rings. The maximum Gasteiger partial charge on any atom is 0.166 e. The summed E-state index contributed by atoms with van der Waals surface area (Å²) < 4.78 is 19.9. The minimum absolute atomic E-state index is 0.143. The van der Waals surface area contributed by atoms with Crippen LogP contribution in [0.2, 0.25) is 0 Å². The highest BCUT2D eigenvalue weighted by molar-refractivity contribution is 9.10. The van der Waals surface area contributed by atoms with Gasteiger partial charge in [0.1, 0.15) is 5.75 Å². The Morgan fingerprint density at radius 2 is 1.82 bits per heavy atom. The first-order chi connectivity index (χ1) is 8.19. The highest BCUT2D eigenvalue weighted by Crippen LogP contribution is 2.26. The van der Waals surface area contributed by atoms with E-state index in [9.17, 15) is 4.39 Å². The van der Waals surface area contributed by atoms with Gasteiger partial charge in [-0.05, 0) is 42.0 Å². The Balaban J connectivity index is 2.21. The van der Waals surface area contributed by atoms with Gasteiger partial charge in [-0.1, -0.05) is 22.0 Å². The van der Waals surface area contributed by atoms with Gasteiger partial charge in [-0.3, -0.25) is 0 Å². The van der Waals surface area contributed by atoms with Crippen molar-refractivity contribution in [3.05, 3.63) is 58.3 Å². The highest BCUT2D eigenvalue weighted by Gasteiger charge is 2.05. The second-order valence-corrected chi connectivity index (χ2v) is 4.39. The lowest BCUT2D eigenvalue weighted by atomic mass is 10.2. The molecule has 0 aromatic heterocycles. The Morgan fingerprint density at radius 1 is 1.12 bits per heavy atom. The van der Waals surface area contributed by atoms with Gasteiger partial charge in [0, 0.05) is 4.47 Å². The molecule has 0 spiro atoms. The number of aliphatic hydroxyl groups excluding tert-OH is 1. The predicted molar refractivity (Wildman–Crippen MR) is 66.5 cm³/mol.